The number of rotatable bonds is 3. The van der Waals surface area contributed by atoms with E-state index in [4.69, 9.17) is 5.73 Å². The molecule has 2 N–H and O–H groups in total. The lowest BCUT2D eigenvalue weighted by atomic mass is 10.1. The zero-order valence-electron chi connectivity index (χ0n) is 17.2. The zero-order valence-corrected chi connectivity index (χ0v) is 17.2. The van der Waals surface area contributed by atoms with Gasteiger partial charge in [-0.3, -0.25) is 9.36 Å². The van der Waals surface area contributed by atoms with Crippen LogP contribution in [0.25, 0.3) is 16.6 Å². The average molecular weight is 445 g/mol. The second kappa shape index (κ2) is 7.94. The van der Waals surface area contributed by atoms with Crippen LogP contribution in [0.5, 0.6) is 0 Å². The molecule has 4 aromatic rings. The third-order valence-corrected chi connectivity index (χ3v) is 5.72. The van der Waals surface area contributed by atoms with Gasteiger partial charge in [0.1, 0.15) is 46.6 Å². The van der Waals surface area contributed by atoms with Gasteiger partial charge in [-0.15, -0.1) is 0 Å². The molecule has 33 heavy (non-hydrogen) atoms. The first-order chi connectivity index (χ1) is 16.0. The number of nitrogen functional groups attached to an aromatic ring is 1. The number of benzene rings is 2. The second-order valence-electron chi connectivity index (χ2n) is 7.65. The Kier molecular flexibility index (Phi) is 4.94. The molecule has 0 amide bonds. The Bertz CT molecular complexity index is 1480. The molecule has 1 fully saturated rings. The van der Waals surface area contributed by atoms with E-state index in [1.54, 1.807) is 30.3 Å². The molecule has 5 rings (SSSR count). The van der Waals surface area contributed by atoms with Crippen molar-refractivity contribution in [2.45, 2.75) is 18.9 Å². The summed E-state index contributed by atoms with van der Waals surface area (Å²) in [6, 6.07) is 12.0. The number of hydrogen-bond acceptors (Lipinski definition) is 7. The lowest BCUT2D eigenvalue weighted by molar-refractivity contribution is 0.586. The van der Waals surface area contributed by atoms with Crippen LogP contribution < -0.4 is 16.2 Å². The number of halogens is 2. The fourth-order valence-corrected chi connectivity index (χ4v) is 4.30. The summed E-state index contributed by atoms with van der Waals surface area (Å²) < 4.78 is 29.9. The SMILES string of the molecule is N#Cc1c(N)ncnc1N1CCCC1c1nc2cc(F)cc(F)c2c(=O)n1-c1ccccc1. The number of fused-ring (bicyclic) bond motifs is 1. The zero-order chi connectivity index (χ0) is 23.1. The van der Waals surface area contributed by atoms with Crippen molar-refractivity contribution in [2.75, 3.05) is 17.2 Å². The van der Waals surface area contributed by atoms with Gasteiger partial charge >= 0.3 is 0 Å². The summed E-state index contributed by atoms with van der Waals surface area (Å²) >= 11 is 0. The number of aromatic nitrogens is 4. The highest BCUT2D eigenvalue weighted by molar-refractivity contribution is 5.79. The third kappa shape index (κ3) is 3.34. The average Bonchev–Trinajstić information content (AvgIpc) is 3.28. The largest absolute Gasteiger partial charge is 0.382 e. The summed E-state index contributed by atoms with van der Waals surface area (Å²) in [6.07, 6.45) is 2.57. The van der Waals surface area contributed by atoms with E-state index < -0.39 is 23.2 Å². The van der Waals surface area contributed by atoms with Crippen LogP contribution in [0.1, 0.15) is 30.3 Å². The monoisotopic (exact) mass is 445 g/mol. The van der Waals surface area contributed by atoms with Gasteiger partial charge in [0.15, 0.2) is 5.82 Å². The standard InChI is InChI=1S/C23H17F2N7O/c24-13-9-16(25)19-17(10-13)30-22(32(23(19)33)14-5-2-1-3-6-14)18-7-4-8-31(18)21-15(11-26)20(27)28-12-29-21/h1-3,5-6,9-10,12,18H,4,7-8H2,(H2,27,28,29). The Morgan fingerprint density at radius 2 is 1.94 bits per heavy atom. The molecule has 1 saturated heterocycles. The Labute approximate surface area is 186 Å². The Hall–Kier alpha value is -4.39. The summed E-state index contributed by atoms with van der Waals surface area (Å²) in [4.78, 5) is 28.0. The van der Waals surface area contributed by atoms with Gasteiger partial charge in [0, 0.05) is 18.7 Å². The molecule has 2 aromatic carbocycles. The van der Waals surface area contributed by atoms with Crippen LogP contribution in [-0.2, 0) is 0 Å². The molecular formula is C23H17F2N7O. The van der Waals surface area contributed by atoms with Crippen molar-refractivity contribution >= 4 is 22.5 Å². The van der Waals surface area contributed by atoms with Crippen molar-refractivity contribution in [2.24, 2.45) is 0 Å². The molecule has 0 spiro atoms. The van der Waals surface area contributed by atoms with Crippen LogP contribution in [0.3, 0.4) is 0 Å². The minimum atomic E-state index is -0.975. The van der Waals surface area contributed by atoms with Crippen molar-refractivity contribution in [3.8, 4) is 11.8 Å². The topological polar surface area (TPSA) is 114 Å². The quantitative estimate of drug-likeness (QED) is 0.515. The molecule has 1 aliphatic rings. The number of hydrogen-bond donors (Lipinski definition) is 1. The first kappa shape index (κ1) is 20.5. The fourth-order valence-electron chi connectivity index (χ4n) is 4.30. The number of anilines is 2. The molecule has 1 unspecified atom stereocenters. The van der Waals surface area contributed by atoms with Gasteiger partial charge in [-0.25, -0.2) is 23.7 Å². The lowest BCUT2D eigenvalue weighted by Crippen LogP contribution is -2.32. The van der Waals surface area contributed by atoms with Crippen LogP contribution in [0.2, 0.25) is 0 Å². The summed E-state index contributed by atoms with van der Waals surface area (Å²) in [6.45, 7) is 0.524. The van der Waals surface area contributed by atoms with Crippen molar-refractivity contribution in [3.05, 3.63) is 82.2 Å². The highest BCUT2D eigenvalue weighted by atomic mass is 19.1. The van der Waals surface area contributed by atoms with E-state index in [0.717, 1.165) is 12.5 Å². The van der Waals surface area contributed by atoms with E-state index in [1.165, 1.54) is 10.9 Å². The summed E-state index contributed by atoms with van der Waals surface area (Å²) in [5.74, 6) is -1.13. The molecule has 0 saturated carbocycles. The molecule has 164 valence electrons. The maximum absolute atomic E-state index is 14.6. The molecule has 0 radical (unpaired) electrons. The van der Waals surface area contributed by atoms with Gasteiger partial charge in [0.05, 0.1) is 17.2 Å². The van der Waals surface area contributed by atoms with Crippen LogP contribution >= 0.6 is 0 Å². The third-order valence-electron chi connectivity index (χ3n) is 5.72. The van der Waals surface area contributed by atoms with Gasteiger partial charge in [-0.2, -0.15) is 5.26 Å². The van der Waals surface area contributed by atoms with E-state index >= 15 is 0 Å². The molecular weight excluding hydrogens is 428 g/mol. The Balaban J connectivity index is 1.80. The van der Waals surface area contributed by atoms with Crippen molar-refractivity contribution in [1.82, 2.24) is 19.5 Å². The summed E-state index contributed by atoms with van der Waals surface area (Å²) in [5, 5.41) is 9.31. The number of nitrogens with zero attached hydrogens (tertiary/aromatic N) is 6. The molecule has 8 nitrogen and oxygen atoms in total. The number of para-hydroxylation sites is 1. The molecule has 2 aromatic heterocycles. The summed E-state index contributed by atoms with van der Waals surface area (Å²) in [5.41, 5.74) is 5.77. The van der Waals surface area contributed by atoms with Gasteiger partial charge in [0.25, 0.3) is 5.56 Å². The van der Waals surface area contributed by atoms with E-state index in [0.29, 0.717) is 36.4 Å². The highest BCUT2D eigenvalue weighted by Crippen LogP contribution is 2.37. The van der Waals surface area contributed by atoms with E-state index in [1.807, 2.05) is 11.0 Å². The molecule has 0 aliphatic carbocycles. The van der Waals surface area contributed by atoms with Gasteiger partial charge in [-0.1, -0.05) is 18.2 Å². The lowest BCUT2D eigenvalue weighted by Gasteiger charge is -2.28. The van der Waals surface area contributed by atoms with E-state index in [2.05, 4.69) is 15.0 Å². The maximum Gasteiger partial charge on any atom is 0.269 e. The molecule has 3 heterocycles. The minimum absolute atomic E-state index is 0.0456. The predicted molar refractivity (Wildman–Crippen MR) is 118 cm³/mol. The molecule has 10 heteroatoms. The van der Waals surface area contributed by atoms with Gasteiger partial charge in [-0.05, 0) is 25.0 Å². The summed E-state index contributed by atoms with van der Waals surface area (Å²) in [7, 11) is 0. The van der Waals surface area contributed by atoms with Gasteiger partial charge in [0.2, 0.25) is 0 Å². The van der Waals surface area contributed by atoms with Crippen LogP contribution in [0.15, 0.2) is 53.6 Å². The van der Waals surface area contributed by atoms with Crippen molar-refractivity contribution < 1.29 is 8.78 Å². The Morgan fingerprint density at radius 3 is 2.70 bits per heavy atom. The Morgan fingerprint density at radius 1 is 1.15 bits per heavy atom. The van der Waals surface area contributed by atoms with Gasteiger partial charge < -0.3 is 10.6 Å². The number of nitrogens with two attached hydrogens (primary N) is 1. The molecule has 0 bridgehead atoms. The first-order valence-corrected chi connectivity index (χ1v) is 10.2. The molecule has 1 aliphatic heterocycles. The normalized spacial score (nSPS) is 15.7. The van der Waals surface area contributed by atoms with Crippen LogP contribution in [-0.4, -0.2) is 26.1 Å². The van der Waals surface area contributed by atoms with E-state index in [9.17, 15) is 18.8 Å². The molecule has 1 atom stereocenters. The maximum atomic E-state index is 14.6. The highest BCUT2D eigenvalue weighted by Gasteiger charge is 2.34. The van der Waals surface area contributed by atoms with Crippen LogP contribution in [0, 0.1) is 23.0 Å². The van der Waals surface area contributed by atoms with E-state index in [-0.39, 0.29) is 22.3 Å². The number of nitriles is 1. The fraction of sp³-hybridized carbons (Fsp3) is 0.174. The van der Waals surface area contributed by atoms with Crippen molar-refractivity contribution in [1.29, 1.82) is 5.26 Å². The first-order valence-electron chi connectivity index (χ1n) is 10.2. The minimum Gasteiger partial charge on any atom is -0.382 e. The smallest absolute Gasteiger partial charge is 0.269 e. The van der Waals surface area contributed by atoms with Crippen molar-refractivity contribution in [3.63, 3.8) is 0 Å². The predicted octanol–water partition coefficient (Wildman–Crippen LogP) is 3.25. The second-order valence-corrected chi connectivity index (χ2v) is 7.65. The van der Waals surface area contributed by atoms with Crippen LogP contribution in [0.4, 0.5) is 20.4 Å².